The molecule has 0 amide bonds. The Balaban J connectivity index is 2.79. The maximum Gasteiger partial charge on any atom is 0.0215 e. The lowest BCUT2D eigenvalue weighted by Gasteiger charge is -1.96. The molecule has 0 atom stereocenters. The van der Waals surface area contributed by atoms with E-state index in [2.05, 4.69) is 58.6 Å². The van der Waals surface area contributed by atoms with Gasteiger partial charge < -0.3 is 0 Å². The van der Waals surface area contributed by atoms with Crippen LogP contribution in [0.4, 0.5) is 0 Å². The van der Waals surface area contributed by atoms with Gasteiger partial charge in [0.15, 0.2) is 0 Å². The standard InChI is InChI=1S/C10H11BrS/c1-12-10-6-2-4-9(8-10)5-3-7-11/h2-6,8H,7H2,1H3. The van der Waals surface area contributed by atoms with E-state index in [-0.39, 0.29) is 0 Å². The number of thioether (sulfide) groups is 1. The minimum atomic E-state index is 0.913. The molecular formula is C10H11BrS. The fourth-order valence-corrected chi connectivity index (χ4v) is 1.58. The normalized spacial score (nSPS) is 10.8. The fraction of sp³-hybridized carbons (Fsp3) is 0.200. The second kappa shape index (κ2) is 5.44. The third-order valence-corrected chi connectivity index (χ3v) is 2.59. The van der Waals surface area contributed by atoms with Crippen LogP contribution in [0.3, 0.4) is 0 Å². The van der Waals surface area contributed by atoms with Gasteiger partial charge in [-0.1, -0.05) is 40.2 Å². The third-order valence-electron chi connectivity index (χ3n) is 1.49. The average molecular weight is 243 g/mol. The van der Waals surface area contributed by atoms with E-state index in [0.29, 0.717) is 0 Å². The molecule has 2 heteroatoms. The van der Waals surface area contributed by atoms with Gasteiger partial charge in [0.1, 0.15) is 0 Å². The zero-order valence-electron chi connectivity index (χ0n) is 6.96. The summed E-state index contributed by atoms with van der Waals surface area (Å²) >= 11 is 5.12. The molecular weight excluding hydrogens is 232 g/mol. The van der Waals surface area contributed by atoms with E-state index in [1.54, 1.807) is 11.8 Å². The number of benzene rings is 1. The van der Waals surface area contributed by atoms with Gasteiger partial charge in [-0.2, -0.15) is 0 Å². The first-order chi connectivity index (χ1) is 5.86. The van der Waals surface area contributed by atoms with E-state index >= 15 is 0 Å². The first-order valence-corrected chi connectivity index (χ1v) is 6.08. The molecule has 0 saturated heterocycles. The predicted molar refractivity (Wildman–Crippen MR) is 61.1 cm³/mol. The molecule has 64 valence electrons. The summed E-state index contributed by atoms with van der Waals surface area (Å²) in [6.07, 6.45) is 6.31. The molecule has 0 aliphatic rings. The van der Waals surface area contributed by atoms with Crippen molar-refractivity contribution in [1.82, 2.24) is 0 Å². The van der Waals surface area contributed by atoms with Gasteiger partial charge in [-0.05, 0) is 24.0 Å². The van der Waals surface area contributed by atoms with Crippen LogP contribution < -0.4 is 0 Å². The van der Waals surface area contributed by atoms with E-state index in [0.717, 1.165) is 5.33 Å². The monoisotopic (exact) mass is 242 g/mol. The van der Waals surface area contributed by atoms with E-state index in [1.165, 1.54) is 10.5 Å². The summed E-state index contributed by atoms with van der Waals surface area (Å²) in [6.45, 7) is 0. The van der Waals surface area contributed by atoms with Crippen molar-refractivity contribution in [3.05, 3.63) is 35.9 Å². The maximum absolute atomic E-state index is 3.35. The van der Waals surface area contributed by atoms with Crippen LogP contribution in [-0.2, 0) is 0 Å². The van der Waals surface area contributed by atoms with Crippen LogP contribution in [0, 0.1) is 0 Å². The molecule has 1 aromatic carbocycles. The molecule has 0 saturated carbocycles. The Kier molecular flexibility index (Phi) is 4.48. The molecule has 0 aliphatic carbocycles. The summed E-state index contributed by atoms with van der Waals surface area (Å²) in [7, 11) is 0. The van der Waals surface area contributed by atoms with Crippen LogP contribution in [0.1, 0.15) is 5.56 Å². The summed E-state index contributed by atoms with van der Waals surface area (Å²) in [5.74, 6) is 0. The van der Waals surface area contributed by atoms with Gasteiger partial charge in [0.2, 0.25) is 0 Å². The minimum absolute atomic E-state index is 0.913. The molecule has 0 N–H and O–H groups in total. The van der Waals surface area contributed by atoms with Gasteiger partial charge in [0, 0.05) is 10.2 Å². The van der Waals surface area contributed by atoms with Crippen LogP contribution in [0.25, 0.3) is 6.08 Å². The molecule has 0 radical (unpaired) electrons. The molecule has 0 nitrogen and oxygen atoms in total. The SMILES string of the molecule is CSc1cccc(C=CCBr)c1. The Morgan fingerprint density at radius 2 is 2.33 bits per heavy atom. The van der Waals surface area contributed by atoms with E-state index in [1.807, 2.05) is 0 Å². The Hall–Kier alpha value is -0.210. The summed E-state index contributed by atoms with van der Waals surface area (Å²) in [6, 6.07) is 8.50. The summed E-state index contributed by atoms with van der Waals surface area (Å²) in [5.41, 5.74) is 1.27. The molecule has 0 spiro atoms. The number of halogens is 1. The number of rotatable bonds is 3. The van der Waals surface area contributed by atoms with Crippen molar-refractivity contribution in [2.45, 2.75) is 4.90 Å². The largest absolute Gasteiger partial charge is 0.130 e. The summed E-state index contributed by atoms with van der Waals surface area (Å²) in [5, 5.41) is 0.913. The third kappa shape index (κ3) is 3.03. The minimum Gasteiger partial charge on any atom is -0.130 e. The van der Waals surface area contributed by atoms with Crippen LogP contribution in [-0.4, -0.2) is 11.6 Å². The Morgan fingerprint density at radius 3 is 3.00 bits per heavy atom. The second-order valence-corrected chi connectivity index (χ2v) is 3.86. The van der Waals surface area contributed by atoms with Crippen LogP contribution in [0.15, 0.2) is 35.2 Å². The van der Waals surface area contributed by atoms with Gasteiger partial charge >= 0.3 is 0 Å². The zero-order valence-corrected chi connectivity index (χ0v) is 9.36. The number of alkyl halides is 1. The number of hydrogen-bond donors (Lipinski definition) is 0. The van der Waals surface area contributed by atoms with Gasteiger partial charge in [-0.15, -0.1) is 11.8 Å². The molecule has 0 fully saturated rings. The lowest BCUT2D eigenvalue weighted by Crippen LogP contribution is -1.73. The summed E-state index contributed by atoms with van der Waals surface area (Å²) in [4.78, 5) is 1.31. The molecule has 0 unspecified atom stereocenters. The molecule has 0 bridgehead atoms. The van der Waals surface area contributed by atoms with Crippen LogP contribution in [0.2, 0.25) is 0 Å². The van der Waals surface area contributed by atoms with E-state index < -0.39 is 0 Å². The molecule has 0 heterocycles. The summed E-state index contributed by atoms with van der Waals surface area (Å²) < 4.78 is 0. The highest BCUT2D eigenvalue weighted by Crippen LogP contribution is 2.16. The van der Waals surface area contributed by atoms with Gasteiger partial charge in [0.25, 0.3) is 0 Å². The highest BCUT2D eigenvalue weighted by atomic mass is 79.9. The highest BCUT2D eigenvalue weighted by molar-refractivity contribution is 9.09. The molecule has 0 aliphatic heterocycles. The van der Waals surface area contributed by atoms with Crippen molar-refractivity contribution >= 4 is 33.8 Å². The maximum atomic E-state index is 3.35. The first kappa shape index (κ1) is 9.87. The van der Waals surface area contributed by atoms with Gasteiger partial charge in [-0.3, -0.25) is 0 Å². The van der Waals surface area contributed by atoms with Gasteiger partial charge in [-0.25, -0.2) is 0 Å². The molecule has 12 heavy (non-hydrogen) atoms. The van der Waals surface area contributed by atoms with Gasteiger partial charge in [0.05, 0.1) is 0 Å². The number of hydrogen-bond acceptors (Lipinski definition) is 1. The molecule has 0 aromatic heterocycles. The smallest absolute Gasteiger partial charge is 0.0215 e. The average Bonchev–Trinajstić information content (AvgIpc) is 2.15. The second-order valence-electron chi connectivity index (χ2n) is 2.33. The highest BCUT2D eigenvalue weighted by Gasteiger charge is 1.89. The molecule has 1 rings (SSSR count). The molecule has 1 aromatic rings. The quantitative estimate of drug-likeness (QED) is 0.574. The Labute approximate surface area is 86.2 Å². The lowest BCUT2D eigenvalue weighted by molar-refractivity contribution is 1.45. The Bertz CT molecular complexity index is 268. The predicted octanol–water partition coefficient (Wildman–Crippen LogP) is 3.82. The van der Waals surface area contributed by atoms with Crippen molar-refractivity contribution in [3.8, 4) is 0 Å². The van der Waals surface area contributed by atoms with Crippen molar-refractivity contribution in [3.63, 3.8) is 0 Å². The van der Waals surface area contributed by atoms with E-state index in [9.17, 15) is 0 Å². The first-order valence-electron chi connectivity index (χ1n) is 3.73. The van der Waals surface area contributed by atoms with Crippen molar-refractivity contribution < 1.29 is 0 Å². The van der Waals surface area contributed by atoms with E-state index in [4.69, 9.17) is 0 Å². The van der Waals surface area contributed by atoms with Crippen molar-refractivity contribution in [2.75, 3.05) is 11.6 Å². The van der Waals surface area contributed by atoms with Crippen LogP contribution >= 0.6 is 27.7 Å². The Morgan fingerprint density at radius 1 is 1.50 bits per heavy atom. The topological polar surface area (TPSA) is 0 Å². The fourth-order valence-electron chi connectivity index (χ4n) is 0.926. The zero-order chi connectivity index (χ0) is 8.81. The van der Waals surface area contributed by atoms with Crippen molar-refractivity contribution in [2.24, 2.45) is 0 Å². The van der Waals surface area contributed by atoms with Crippen LogP contribution in [0.5, 0.6) is 0 Å². The van der Waals surface area contributed by atoms with Crippen molar-refractivity contribution in [1.29, 1.82) is 0 Å². The lowest BCUT2D eigenvalue weighted by atomic mass is 10.2. The number of allylic oxidation sites excluding steroid dienone is 1.